The van der Waals surface area contributed by atoms with Gasteiger partial charge in [-0.2, -0.15) is 0 Å². The Bertz CT molecular complexity index is 205. The number of aliphatic hydroxyl groups is 1. The standard InChI is InChI=1S/C14H28O/c1-6-12(7-2)9-14(15)10-13(4,5)8-11(14)3/h11-12,15H,6-10H2,1-5H3. The Morgan fingerprint density at radius 3 is 2.13 bits per heavy atom. The summed E-state index contributed by atoms with van der Waals surface area (Å²) in [6.07, 6.45) is 5.56. The monoisotopic (exact) mass is 212 g/mol. The minimum Gasteiger partial charge on any atom is -0.390 e. The second-order valence-corrected chi connectivity index (χ2v) is 6.44. The van der Waals surface area contributed by atoms with Gasteiger partial charge in [0.2, 0.25) is 0 Å². The zero-order valence-corrected chi connectivity index (χ0v) is 11.1. The van der Waals surface area contributed by atoms with Crippen molar-refractivity contribution in [3.05, 3.63) is 0 Å². The van der Waals surface area contributed by atoms with Gasteiger partial charge in [-0.1, -0.05) is 47.5 Å². The SMILES string of the molecule is CCC(CC)CC1(O)CC(C)(C)CC1C. The molecule has 0 heterocycles. The molecule has 90 valence electrons. The summed E-state index contributed by atoms with van der Waals surface area (Å²) >= 11 is 0. The summed E-state index contributed by atoms with van der Waals surface area (Å²) in [6.45, 7) is 11.3. The Morgan fingerprint density at radius 2 is 1.80 bits per heavy atom. The van der Waals surface area contributed by atoms with Gasteiger partial charge in [0.1, 0.15) is 0 Å². The molecule has 0 amide bonds. The van der Waals surface area contributed by atoms with Crippen molar-refractivity contribution in [3.63, 3.8) is 0 Å². The van der Waals surface area contributed by atoms with E-state index in [1.165, 1.54) is 19.3 Å². The fraction of sp³-hybridized carbons (Fsp3) is 1.00. The second-order valence-electron chi connectivity index (χ2n) is 6.44. The van der Waals surface area contributed by atoms with Crippen LogP contribution in [0.1, 0.15) is 66.7 Å². The third kappa shape index (κ3) is 2.96. The van der Waals surface area contributed by atoms with E-state index in [0.717, 1.165) is 12.8 Å². The maximum absolute atomic E-state index is 10.7. The van der Waals surface area contributed by atoms with E-state index >= 15 is 0 Å². The van der Waals surface area contributed by atoms with Crippen molar-refractivity contribution in [3.8, 4) is 0 Å². The molecular weight excluding hydrogens is 184 g/mol. The quantitative estimate of drug-likeness (QED) is 0.747. The van der Waals surface area contributed by atoms with Crippen LogP contribution in [0, 0.1) is 17.3 Å². The summed E-state index contributed by atoms with van der Waals surface area (Å²) in [7, 11) is 0. The number of rotatable bonds is 4. The maximum atomic E-state index is 10.7. The van der Waals surface area contributed by atoms with Crippen LogP contribution in [0.2, 0.25) is 0 Å². The van der Waals surface area contributed by atoms with Gasteiger partial charge in [-0.05, 0) is 36.5 Å². The fourth-order valence-electron chi connectivity index (χ4n) is 3.44. The summed E-state index contributed by atoms with van der Waals surface area (Å²) in [6, 6.07) is 0. The van der Waals surface area contributed by atoms with Crippen molar-refractivity contribution in [1.29, 1.82) is 0 Å². The van der Waals surface area contributed by atoms with Crippen LogP contribution in [0.3, 0.4) is 0 Å². The largest absolute Gasteiger partial charge is 0.390 e. The lowest BCUT2D eigenvalue weighted by Gasteiger charge is -2.32. The van der Waals surface area contributed by atoms with Crippen LogP contribution in [0.5, 0.6) is 0 Å². The Morgan fingerprint density at radius 1 is 1.27 bits per heavy atom. The van der Waals surface area contributed by atoms with Crippen molar-refractivity contribution < 1.29 is 5.11 Å². The van der Waals surface area contributed by atoms with Crippen LogP contribution in [-0.4, -0.2) is 10.7 Å². The first-order chi connectivity index (χ1) is 6.83. The Hall–Kier alpha value is -0.0400. The average Bonchev–Trinajstić information content (AvgIpc) is 2.32. The fourth-order valence-corrected chi connectivity index (χ4v) is 3.44. The summed E-state index contributed by atoms with van der Waals surface area (Å²) in [5.41, 5.74) is -0.0552. The molecule has 1 nitrogen and oxygen atoms in total. The molecule has 0 bridgehead atoms. The maximum Gasteiger partial charge on any atom is 0.0681 e. The normalized spacial score (nSPS) is 35.0. The van der Waals surface area contributed by atoms with E-state index in [2.05, 4.69) is 34.6 Å². The number of hydrogen-bond acceptors (Lipinski definition) is 1. The molecule has 0 radical (unpaired) electrons. The van der Waals surface area contributed by atoms with Gasteiger partial charge < -0.3 is 5.11 Å². The highest BCUT2D eigenvalue weighted by Crippen LogP contribution is 2.50. The predicted molar refractivity (Wildman–Crippen MR) is 65.8 cm³/mol. The van der Waals surface area contributed by atoms with Gasteiger partial charge in [-0.15, -0.1) is 0 Å². The van der Waals surface area contributed by atoms with E-state index in [-0.39, 0.29) is 5.60 Å². The first-order valence-electron chi connectivity index (χ1n) is 6.55. The van der Waals surface area contributed by atoms with Gasteiger partial charge in [0.05, 0.1) is 5.60 Å². The molecule has 2 unspecified atom stereocenters. The molecule has 0 aromatic rings. The molecule has 1 aliphatic carbocycles. The molecule has 0 aromatic heterocycles. The predicted octanol–water partition coefficient (Wildman–Crippen LogP) is 4.00. The van der Waals surface area contributed by atoms with Crippen molar-refractivity contribution in [2.24, 2.45) is 17.3 Å². The zero-order valence-electron chi connectivity index (χ0n) is 11.1. The molecule has 15 heavy (non-hydrogen) atoms. The molecule has 1 N–H and O–H groups in total. The van der Waals surface area contributed by atoms with Crippen LogP contribution < -0.4 is 0 Å². The van der Waals surface area contributed by atoms with E-state index < -0.39 is 0 Å². The Labute approximate surface area is 95.3 Å². The van der Waals surface area contributed by atoms with Gasteiger partial charge in [-0.3, -0.25) is 0 Å². The van der Waals surface area contributed by atoms with Crippen LogP contribution in [0.25, 0.3) is 0 Å². The van der Waals surface area contributed by atoms with Gasteiger partial charge in [0.15, 0.2) is 0 Å². The average molecular weight is 212 g/mol. The van der Waals surface area contributed by atoms with E-state index in [9.17, 15) is 5.11 Å². The summed E-state index contributed by atoms with van der Waals surface area (Å²) in [5.74, 6) is 1.17. The van der Waals surface area contributed by atoms with Gasteiger partial charge >= 0.3 is 0 Å². The van der Waals surface area contributed by atoms with Crippen LogP contribution in [-0.2, 0) is 0 Å². The van der Waals surface area contributed by atoms with Crippen LogP contribution in [0.4, 0.5) is 0 Å². The highest BCUT2D eigenvalue weighted by Gasteiger charge is 2.47. The molecule has 1 aliphatic rings. The molecule has 1 saturated carbocycles. The van der Waals surface area contributed by atoms with E-state index in [1.807, 2.05) is 0 Å². The lowest BCUT2D eigenvalue weighted by Crippen LogP contribution is -2.34. The van der Waals surface area contributed by atoms with E-state index in [0.29, 0.717) is 17.3 Å². The molecule has 0 aromatic carbocycles. The van der Waals surface area contributed by atoms with Crippen molar-refractivity contribution in [2.45, 2.75) is 72.3 Å². The second kappa shape index (κ2) is 4.45. The summed E-state index contributed by atoms with van der Waals surface area (Å²) in [4.78, 5) is 0. The van der Waals surface area contributed by atoms with Crippen LogP contribution >= 0.6 is 0 Å². The topological polar surface area (TPSA) is 20.2 Å². The summed E-state index contributed by atoms with van der Waals surface area (Å²) in [5, 5.41) is 10.7. The third-order valence-electron chi connectivity index (χ3n) is 4.36. The Kier molecular flexibility index (Phi) is 3.86. The molecule has 1 rings (SSSR count). The summed E-state index contributed by atoms with van der Waals surface area (Å²) < 4.78 is 0. The highest BCUT2D eigenvalue weighted by molar-refractivity contribution is 4.99. The first kappa shape index (κ1) is 13.0. The van der Waals surface area contributed by atoms with E-state index in [1.54, 1.807) is 0 Å². The third-order valence-corrected chi connectivity index (χ3v) is 4.36. The van der Waals surface area contributed by atoms with Gasteiger partial charge in [-0.25, -0.2) is 0 Å². The minimum absolute atomic E-state index is 0.334. The Balaban J connectivity index is 2.66. The zero-order chi connectivity index (χ0) is 11.7. The van der Waals surface area contributed by atoms with Crippen molar-refractivity contribution >= 4 is 0 Å². The van der Waals surface area contributed by atoms with Crippen molar-refractivity contribution in [1.82, 2.24) is 0 Å². The highest BCUT2D eigenvalue weighted by atomic mass is 16.3. The van der Waals surface area contributed by atoms with Crippen LogP contribution in [0.15, 0.2) is 0 Å². The molecular formula is C14H28O. The van der Waals surface area contributed by atoms with E-state index in [4.69, 9.17) is 0 Å². The number of hydrogen-bond donors (Lipinski definition) is 1. The molecule has 1 heteroatoms. The first-order valence-corrected chi connectivity index (χ1v) is 6.55. The smallest absolute Gasteiger partial charge is 0.0681 e. The van der Waals surface area contributed by atoms with Gasteiger partial charge in [0.25, 0.3) is 0 Å². The molecule has 0 aliphatic heterocycles. The molecule has 0 saturated heterocycles. The lowest BCUT2D eigenvalue weighted by atomic mass is 9.80. The molecule has 2 atom stereocenters. The molecule has 0 spiro atoms. The minimum atomic E-state index is -0.389. The van der Waals surface area contributed by atoms with Crippen molar-refractivity contribution in [2.75, 3.05) is 0 Å². The van der Waals surface area contributed by atoms with Gasteiger partial charge in [0, 0.05) is 0 Å². The molecule has 1 fully saturated rings. The lowest BCUT2D eigenvalue weighted by molar-refractivity contribution is -0.0193.